The van der Waals surface area contributed by atoms with Gasteiger partial charge in [0.25, 0.3) is 0 Å². The largest absolute Gasteiger partial charge is 0.481 e. The zero-order chi connectivity index (χ0) is 13.5. The maximum atomic E-state index is 10.4. The summed E-state index contributed by atoms with van der Waals surface area (Å²) >= 11 is 0. The molecule has 0 radical (unpaired) electrons. The number of carbonyl (C=O) groups is 3. The first-order valence-electron chi connectivity index (χ1n) is 5.19. The lowest BCUT2D eigenvalue weighted by Crippen LogP contribution is -2.41. The van der Waals surface area contributed by atoms with Crippen LogP contribution < -0.4 is 5.73 Å². The molecule has 0 aromatic heterocycles. The predicted molar refractivity (Wildman–Crippen MR) is 59.6 cm³/mol. The van der Waals surface area contributed by atoms with E-state index < -0.39 is 23.4 Å². The van der Waals surface area contributed by atoms with E-state index in [0.29, 0.717) is 0 Å². The standard InChI is InChI=1S/C10H17NO6.H2/c11-10(4-1-7(12)13,5-2-8(14)15)6-3-9(16)17;/h1-6,11H2,(H,12,13)(H,14,15)(H,16,17);1H. The van der Waals surface area contributed by atoms with Gasteiger partial charge >= 0.3 is 17.9 Å². The first-order chi connectivity index (χ1) is 7.75. The molecule has 0 heterocycles. The highest BCUT2D eigenvalue weighted by Crippen LogP contribution is 2.22. The van der Waals surface area contributed by atoms with Crippen molar-refractivity contribution in [3.05, 3.63) is 0 Å². The molecular formula is C10H19NO6. The quantitative estimate of drug-likeness (QED) is 0.467. The van der Waals surface area contributed by atoms with Crippen LogP contribution >= 0.6 is 0 Å². The van der Waals surface area contributed by atoms with Gasteiger partial charge in [0.2, 0.25) is 0 Å². The number of carboxylic acids is 3. The van der Waals surface area contributed by atoms with Gasteiger partial charge in [-0.1, -0.05) is 0 Å². The molecule has 0 aliphatic rings. The van der Waals surface area contributed by atoms with Crippen LogP contribution in [-0.4, -0.2) is 38.8 Å². The molecule has 100 valence electrons. The second kappa shape index (κ2) is 6.85. The Morgan fingerprint density at radius 3 is 1.24 bits per heavy atom. The second-order valence-corrected chi connectivity index (χ2v) is 4.04. The summed E-state index contributed by atoms with van der Waals surface area (Å²) in [5, 5.41) is 25.6. The van der Waals surface area contributed by atoms with E-state index in [1.807, 2.05) is 0 Å². The first kappa shape index (κ1) is 15.4. The van der Waals surface area contributed by atoms with Crippen molar-refractivity contribution in [3.8, 4) is 0 Å². The van der Waals surface area contributed by atoms with Crippen molar-refractivity contribution >= 4 is 17.9 Å². The molecule has 17 heavy (non-hydrogen) atoms. The topological polar surface area (TPSA) is 138 Å². The van der Waals surface area contributed by atoms with Crippen LogP contribution in [0.3, 0.4) is 0 Å². The zero-order valence-electron chi connectivity index (χ0n) is 9.39. The van der Waals surface area contributed by atoms with Crippen LogP contribution in [-0.2, 0) is 14.4 Å². The fourth-order valence-corrected chi connectivity index (χ4v) is 1.44. The van der Waals surface area contributed by atoms with Crippen LogP contribution in [0.15, 0.2) is 0 Å². The van der Waals surface area contributed by atoms with Gasteiger partial charge < -0.3 is 21.1 Å². The van der Waals surface area contributed by atoms with Crippen LogP contribution in [0.1, 0.15) is 40.0 Å². The molecule has 0 fully saturated rings. The molecule has 0 aromatic rings. The summed E-state index contributed by atoms with van der Waals surface area (Å²) in [7, 11) is 0. The fraction of sp³-hybridized carbons (Fsp3) is 0.700. The van der Waals surface area contributed by atoms with Gasteiger partial charge in [-0.3, -0.25) is 14.4 Å². The molecule has 0 bridgehead atoms. The smallest absolute Gasteiger partial charge is 0.303 e. The molecule has 0 aliphatic carbocycles. The number of nitrogens with two attached hydrogens (primary N) is 1. The Bertz CT molecular complexity index is 261. The van der Waals surface area contributed by atoms with Crippen LogP contribution in [0.25, 0.3) is 0 Å². The summed E-state index contributed by atoms with van der Waals surface area (Å²) in [4.78, 5) is 31.3. The van der Waals surface area contributed by atoms with E-state index in [2.05, 4.69) is 0 Å². The lowest BCUT2D eigenvalue weighted by molar-refractivity contribution is -0.137. The Morgan fingerprint density at radius 2 is 1.06 bits per heavy atom. The summed E-state index contributed by atoms with van der Waals surface area (Å²) in [6.45, 7) is 0. The van der Waals surface area contributed by atoms with Crippen molar-refractivity contribution in [2.75, 3.05) is 0 Å². The van der Waals surface area contributed by atoms with Crippen molar-refractivity contribution in [1.82, 2.24) is 0 Å². The maximum absolute atomic E-state index is 10.4. The summed E-state index contributed by atoms with van der Waals surface area (Å²) in [6, 6.07) is 0. The van der Waals surface area contributed by atoms with Gasteiger partial charge in [0.1, 0.15) is 0 Å². The Labute approximate surface area is 99.7 Å². The highest BCUT2D eigenvalue weighted by atomic mass is 16.4. The molecule has 7 heteroatoms. The Morgan fingerprint density at radius 1 is 0.824 bits per heavy atom. The van der Waals surface area contributed by atoms with Gasteiger partial charge in [-0.15, -0.1) is 0 Å². The molecule has 7 nitrogen and oxygen atoms in total. The monoisotopic (exact) mass is 249 g/mol. The molecule has 0 rings (SSSR count). The average Bonchev–Trinajstić information content (AvgIpc) is 2.21. The lowest BCUT2D eigenvalue weighted by Gasteiger charge is -2.28. The van der Waals surface area contributed by atoms with Gasteiger partial charge in [0.05, 0.1) is 0 Å². The molecule has 0 amide bonds. The van der Waals surface area contributed by atoms with Crippen LogP contribution in [0, 0.1) is 0 Å². The number of rotatable bonds is 9. The van der Waals surface area contributed by atoms with E-state index in [0.717, 1.165) is 0 Å². The summed E-state index contributed by atoms with van der Waals surface area (Å²) in [5.74, 6) is -3.11. The van der Waals surface area contributed by atoms with E-state index in [1.165, 1.54) is 0 Å². The van der Waals surface area contributed by atoms with E-state index in [9.17, 15) is 14.4 Å². The first-order valence-corrected chi connectivity index (χ1v) is 5.19. The van der Waals surface area contributed by atoms with Crippen molar-refractivity contribution < 1.29 is 31.1 Å². The maximum Gasteiger partial charge on any atom is 0.303 e. The molecule has 0 atom stereocenters. The van der Waals surface area contributed by atoms with Crippen LogP contribution in [0.2, 0.25) is 0 Å². The number of aliphatic carboxylic acids is 3. The second-order valence-electron chi connectivity index (χ2n) is 4.04. The van der Waals surface area contributed by atoms with E-state index in [4.69, 9.17) is 21.1 Å². The fourth-order valence-electron chi connectivity index (χ4n) is 1.44. The van der Waals surface area contributed by atoms with Gasteiger partial charge in [0.15, 0.2) is 0 Å². The molecule has 5 N–H and O–H groups in total. The summed E-state index contributed by atoms with van der Waals surface area (Å²) in [5.41, 5.74) is 4.81. The SMILES string of the molecule is NC(CCC(=O)O)(CCC(=O)O)CCC(=O)O.[HH]. The molecule has 0 saturated carbocycles. The van der Waals surface area contributed by atoms with Crippen LogP contribution in [0.4, 0.5) is 0 Å². The number of carboxylic acid groups (broad SMARTS) is 3. The third-order valence-electron chi connectivity index (χ3n) is 2.51. The van der Waals surface area contributed by atoms with E-state index >= 15 is 0 Å². The van der Waals surface area contributed by atoms with Crippen LogP contribution in [0.5, 0.6) is 0 Å². The lowest BCUT2D eigenvalue weighted by atomic mass is 9.85. The average molecular weight is 249 g/mol. The van der Waals surface area contributed by atoms with Crippen molar-refractivity contribution in [2.45, 2.75) is 44.1 Å². The normalized spacial score (nSPS) is 11.1. The van der Waals surface area contributed by atoms with Crippen molar-refractivity contribution in [1.29, 1.82) is 0 Å². The highest BCUT2D eigenvalue weighted by Gasteiger charge is 2.27. The van der Waals surface area contributed by atoms with Gasteiger partial charge in [-0.25, -0.2) is 0 Å². The summed E-state index contributed by atoms with van der Waals surface area (Å²) in [6.07, 6.45) is -0.379. The molecule has 0 spiro atoms. The third-order valence-corrected chi connectivity index (χ3v) is 2.51. The molecule has 0 aromatic carbocycles. The predicted octanol–water partition coefficient (Wildman–Crippen LogP) is 0.524. The molecule has 0 aliphatic heterocycles. The Kier molecular flexibility index (Phi) is 6.19. The van der Waals surface area contributed by atoms with Gasteiger partial charge in [0, 0.05) is 26.2 Å². The van der Waals surface area contributed by atoms with Crippen molar-refractivity contribution in [3.63, 3.8) is 0 Å². The highest BCUT2D eigenvalue weighted by molar-refractivity contribution is 5.68. The minimum absolute atomic E-state index is 0. The van der Waals surface area contributed by atoms with E-state index in [-0.39, 0.29) is 40.0 Å². The zero-order valence-corrected chi connectivity index (χ0v) is 9.39. The molecule has 0 saturated heterocycles. The molecule has 0 unspecified atom stereocenters. The third kappa shape index (κ3) is 8.21. The summed E-state index contributed by atoms with van der Waals surface area (Å²) < 4.78 is 0. The Balaban J connectivity index is 0. The Hall–Kier alpha value is -1.63. The van der Waals surface area contributed by atoms with Gasteiger partial charge in [-0.2, -0.15) is 0 Å². The minimum Gasteiger partial charge on any atom is -0.481 e. The van der Waals surface area contributed by atoms with E-state index in [1.54, 1.807) is 0 Å². The number of hydrogen-bond donors (Lipinski definition) is 4. The van der Waals surface area contributed by atoms with Gasteiger partial charge in [-0.05, 0) is 19.3 Å². The van der Waals surface area contributed by atoms with Crippen molar-refractivity contribution in [2.24, 2.45) is 5.73 Å². The molecular weight excluding hydrogens is 230 g/mol. The minimum atomic E-state index is -1.05. The number of hydrogen-bond acceptors (Lipinski definition) is 4.